The minimum atomic E-state index is -0.189. The third-order valence-electron chi connectivity index (χ3n) is 2.45. The maximum absolute atomic E-state index is 9.00. The van der Waals surface area contributed by atoms with Crippen LogP contribution < -0.4 is 10.1 Å². The van der Waals surface area contributed by atoms with Gasteiger partial charge in [-0.05, 0) is 31.5 Å². The minimum Gasteiger partial charge on any atom is -0.493 e. The molecule has 0 bridgehead atoms. The van der Waals surface area contributed by atoms with Crippen molar-refractivity contribution >= 4 is 0 Å². The van der Waals surface area contributed by atoms with Crippen molar-refractivity contribution in [1.29, 1.82) is 5.26 Å². The summed E-state index contributed by atoms with van der Waals surface area (Å²) < 4.78 is 5.56. The highest BCUT2D eigenvalue weighted by molar-refractivity contribution is 5.27. The molecule has 0 aromatic heterocycles. The predicted octanol–water partition coefficient (Wildman–Crippen LogP) is 1.84. The van der Waals surface area contributed by atoms with Crippen LogP contribution >= 0.6 is 0 Å². The van der Waals surface area contributed by atoms with Crippen molar-refractivity contribution in [3.05, 3.63) is 29.8 Å². The molecule has 98 valence electrons. The molecule has 0 radical (unpaired) electrons. The zero-order valence-corrected chi connectivity index (χ0v) is 10.9. The first-order valence-electron chi connectivity index (χ1n) is 6.14. The molecule has 0 amide bonds. The first-order chi connectivity index (χ1) is 8.65. The molecule has 2 N–H and O–H groups in total. The van der Waals surface area contributed by atoms with Gasteiger partial charge in [0, 0.05) is 12.5 Å². The van der Waals surface area contributed by atoms with Crippen molar-refractivity contribution in [2.45, 2.75) is 39.0 Å². The second kappa shape index (κ2) is 7.70. The monoisotopic (exact) mass is 248 g/mol. The predicted molar refractivity (Wildman–Crippen MR) is 70.1 cm³/mol. The Morgan fingerprint density at radius 3 is 2.83 bits per heavy atom. The van der Waals surface area contributed by atoms with Gasteiger partial charge in [0.25, 0.3) is 0 Å². The Balaban J connectivity index is 2.38. The van der Waals surface area contributed by atoms with Crippen LogP contribution in [0, 0.1) is 11.3 Å². The minimum absolute atomic E-state index is 0.00687. The molecule has 0 aliphatic rings. The third-order valence-corrected chi connectivity index (χ3v) is 2.45. The fourth-order valence-corrected chi connectivity index (χ4v) is 1.62. The Kier molecular flexibility index (Phi) is 6.20. The summed E-state index contributed by atoms with van der Waals surface area (Å²) in [7, 11) is 0. The molecular formula is C14H20N2O2. The molecule has 1 unspecified atom stereocenters. The highest BCUT2D eigenvalue weighted by Crippen LogP contribution is 2.13. The molecule has 18 heavy (non-hydrogen) atoms. The fourth-order valence-electron chi connectivity index (χ4n) is 1.62. The van der Waals surface area contributed by atoms with Gasteiger partial charge in [-0.25, -0.2) is 0 Å². The summed E-state index contributed by atoms with van der Waals surface area (Å²) in [6.45, 7) is 4.51. The smallest absolute Gasteiger partial charge is 0.119 e. The molecule has 1 aromatic carbocycles. The van der Waals surface area contributed by atoms with E-state index < -0.39 is 0 Å². The maximum Gasteiger partial charge on any atom is 0.119 e. The Hall–Kier alpha value is -1.57. The van der Waals surface area contributed by atoms with E-state index in [1.54, 1.807) is 6.07 Å². The summed E-state index contributed by atoms with van der Waals surface area (Å²) in [5.74, 6) is 0.725. The number of aliphatic hydroxyl groups excluding tert-OH is 1. The molecule has 1 aromatic rings. The Morgan fingerprint density at radius 1 is 1.44 bits per heavy atom. The summed E-state index contributed by atoms with van der Waals surface area (Å²) in [4.78, 5) is 0. The van der Waals surface area contributed by atoms with E-state index in [0.717, 1.165) is 11.3 Å². The quantitative estimate of drug-likeness (QED) is 0.772. The van der Waals surface area contributed by atoms with Gasteiger partial charge in [-0.2, -0.15) is 5.26 Å². The van der Waals surface area contributed by atoms with E-state index in [9.17, 15) is 0 Å². The Morgan fingerprint density at radius 2 is 2.22 bits per heavy atom. The summed E-state index contributed by atoms with van der Waals surface area (Å²) in [6, 6.07) is 9.63. The third kappa shape index (κ3) is 5.17. The van der Waals surface area contributed by atoms with Gasteiger partial charge in [-0.15, -0.1) is 0 Å². The van der Waals surface area contributed by atoms with Gasteiger partial charge in [0.05, 0.1) is 25.3 Å². The second-order valence-corrected chi connectivity index (χ2v) is 4.45. The van der Waals surface area contributed by atoms with E-state index in [2.05, 4.69) is 11.4 Å². The molecule has 4 heteroatoms. The molecule has 0 saturated carbocycles. The van der Waals surface area contributed by atoms with E-state index in [1.807, 2.05) is 32.0 Å². The number of hydrogen-bond donors (Lipinski definition) is 2. The molecule has 0 fully saturated rings. The zero-order chi connectivity index (χ0) is 13.4. The van der Waals surface area contributed by atoms with Gasteiger partial charge in [0.2, 0.25) is 0 Å². The molecule has 1 atom stereocenters. The number of nitriles is 1. The van der Waals surface area contributed by atoms with Crippen LogP contribution in [0.3, 0.4) is 0 Å². The Labute approximate surface area is 108 Å². The molecule has 1 rings (SSSR count). The molecule has 0 saturated heterocycles. The van der Waals surface area contributed by atoms with Crippen LogP contribution in [0.25, 0.3) is 0 Å². The van der Waals surface area contributed by atoms with Crippen molar-refractivity contribution in [3.63, 3.8) is 0 Å². The standard InChI is InChI=1S/C14H20N2O2/c1-11(2)16-13(9-15)6-7-18-14-5-3-4-12(8-14)10-17/h3-5,8,11,13,16-17H,6-7,10H2,1-2H3. The van der Waals surface area contributed by atoms with Crippen LogP contribution in [0.1, 0.15) is 25.8 Å². The van der Waals surface area contributed by atoms with Crippen molar-refractivity contribution in [1.82, 2.24) is 5.32 Å². The number of benzene rings is 1. The van der Waals surface area contributed by atoms with Gasteiger partial charge in [-0.1, -0.05) is 12.1 Å². The van der Waals surface area contributed by atoms with Crippen LogP contribution in [0.2, 0.25) is 0 Å². The number of ether oxygens (including phenoxy) is 1. The van der Waals surface area contributed by atoms with Gasteiger partial charge in [0.15, 0.2) is 0 Å². The Bertz CT molecular complexity index is 399. The molecule has 0 heterocycles. The average Bonchev–Trinajstić information content (AvgIpc) is 2.37. The largest absolute Gasteiger partial charge is 0.493 e. The second-order valence-electron chi connectivity index (χ2n) is 4.45. The van der Waals surface area contributed by atoms with E-state index in [4.69, 9.17) is 15.1 Å². The van der Waals surface area contributed by atoms with E-state index in [1.165, 1.54) is 0 Å². The SMILES string of the molecule is CC(C)NC(C#N)CCOc1cccc(CO)c1. The highest BCUT2D eigenvalue weighted by Gasteiger charge is 2.08. The number of aliphatic hydroxyl groups is 1. The molecule has 0 aliphatic carbocycles. The van der Waals surface area contributed by atoms with Crippen LogP contribution in [0.4, 0.5) is 0 Å². The van der Waals surface area contributed by atoms with Crippen LogP contribution in [0.5, 0.6) is 5.75 Å². The molecule has 4 nitrogen and oxygen atoms in total. The fraction of sp³-hybridized carbons (Fsp3) is 0.500. The van der Waals surface area contributed by atoms with Crippen LogP contribution in [-0.2, 0) is 6.61 Å². The lowest BCUT2D eigenvalue weighted by molar-refractivity contribution is 0.276. The highest BCUT2D eigenvalue weighted by atomic mass is 16.5. The van der Waals surface area contributed by atoms with Crippen LogP contribution in [0.15, 0.2) is 24.3 Å². The molecule has 0 aliphatic heterocycles. The summed E-state index contributed by atoms with van der Waals surface area (Å²) in [6.07, 6.45) is 0.637. The molecule has 0 spiro atoms. The number of hydrogen-bond acceptors (Lipinski definition) is 4. The van der Waals surface area contributed by atoms with E-state index in [-0.39, 0.29) is 18.7 Å². The number of nitrogens with zero attached hydrogens (tertiary/aromatic N) is 1. The number of rotatable bonds is 7. The van der Waals surface area contributed by atoms with Crippen molar-refractivity contribution < 1.29 is 9.84 Å². The van der Waals surface area contributed by atoms with Gasteiger partial charge in [0.1, 0.15) is 5.75 Å². The van der Waals surface area contributed by atoms with Crippen molar-refractivity contribution in [3.8, 4) is 11.8 Å². The summed E-state index contributed by atoms with van der Waals surface area (Å²) >= 11 is 0. The van der Waals surface area contributed by atoms with Gasteiger partial charge < -0.3 is 9.84 Å². The van der Waals surface area contributed by atoms with Crippen LogP contribution in [-0.4, -0.2) is 23.8 Å². The summed E-state index contributed by atoms with van der Waals surface area (Å²) in [5.41, 5.74) is 0.824. The lowest BCUT2D eigenvalue weighted by Crippen LogP contribution is -2.34. The number of nitrogens with one attached hydrogen (secondary N) is 1. The van der Waals surface area contributed by atoms with Gasteiger partial charge in [-0.3, -0.25) is 5.32 Å². The van der Waals surface area contributed by atoms with E-state index in [0.29, 0.717) is 13.0 Å². The maximum atomic E-state index is 9.00. The van der Waals surface area contributed by atoms with Gasteiger partial charge >= 0.3 is 0 Å². The zero-order valence-electron chi connectivity index (χ0n) is 10.9. The first kappa shape index (κ1) is 14.5. The van der Waals surface area contributed by atoms with E-state index >= 15 is 0 Å². The molecular weight excluding hydrogens is 228 g/mol. The lowest BCUT2D eigenvalue weighted by atomic mass is 10.2. The van der Waals surface area contributed by atoms with Crippen molar-refractivity contribution in [2.75, 3.05) is 6.61 Å². The first-order valence-corrected chi connectivity index (χ1v) is 6.14. The van der Waals surface area contributed by atoms with Crippen molar-refractivity contribution in [2.24, 2.45) is 0 Å². The lowest BCUT2D eigenvalue weighted by Gasteiger charge is -2.15. The topological polar surface area (TPSA) is 65.3 Å². The normalized spacial score (nSPS) is 12.2. The average molecular weight is 248 g/mol. The summed E-state index contributed by atoms with van der Waals surface area (Å²) in [5, 5.41) is 21.1.